The minimum atomic E-state index is -3.93. The molecule has 0 heterocycles. The smallest absolute Gasteiger partial charge is 0.339 e. The van der Waals surface area contributed by atoms with Gasteiger partial charge in [-0.3, -0.25) is 0 Å². The second-order valence-electron chi connectivity index (χ2n) is 5.02. The number of nitrogens with zero attached hydrogens (tertiary/aromatic N) is 1. The van der Waals surface area contributed by atoms with Crippen LogP contribution in [0, 0.1) is 18.3 Å². The van der Waals surface area contributed by atoms with Gasteiger partial charge in [0.25, 0.3) is 0 Å². The van der Waals surface area contributed by atoms with Gasteiger partial charge in [-0.15, -0.1) is 0 Å². The van der Waals surface area contributed by atoms with Gasteiger partial charge < -0.3 is 8.92 Å². The Hall–Kier alpha value is -2.36. The van der Waals surface area contributed by atoms with Crippen LogP contribution >= 0.6 is 0 Å². The van der Waals surface area contributed by atoms with Gasteiger partial charge in [-0.05, 0) is 54.8 Å². The van der Waals surface area contributed by atoms with Crippen molar-refractivity contribution in [2.75, 3.05) is 13.7 Å². The van der Waals surface area contributed by atoms with Gasteiger partial charge in [0.2, 0.25) is 0 Å². The molecule has 0 atom stereocenters. The number of hydrogen-bond donors (Lipinski definition) is 0. The number of hydrogen-bond acceptors (Lipinski definition) is 5. The molecule has 0 N–H and O–H groups in total. The Balaban J connectivity index is 2.20. The first-order valence-electron chi connectivity index (χ1n) is 6.99. The van der Waals surface area contributed by atoms with Crippen molar-refractivity contribution in [2.24, 2.45) is 0 Å². The van der Waals surface area contributed by atoms with Crippen LogP contribution in [0.2, 0.25) is 0 Å². The lowest BCUT2D eigenvalue weighted by atomic mass is 10.1. The maximum absolute atomic E-state index is 12.4. The summed E-state index contributed by atoms with van der Waals surface area (Å²) >= 11 is 0. The molecule has 0 amide bonds. The van der Waals surface area contributed by atoms with Crippen molar-refractivity contribution in [3.8, 4) is 11.8 Å². The van der Waals surface area contributed by atoms with Gasteiger partial charge in [0.05, 0.1) is 18.2 Å². The summed E-state index contributed by atoms with van der Waals surface area (Å²) < 4.78 is 34.9. The fraction of sp³-hybridized carbons (Fsp3) is 0.235. The molecule has 5 nitrogen and oxygen atoms in total. The first-order valence-corrected chi connectivity index (χ1v) is 8.40. The lowest BCUT2D eigenvalue weighted by Crippen LogP contribution is -2.11. The third kappa shape index (κ3) is 4.31. The largest absolute Gasteiger partial charge is 0.384 e. The fourth-order valence-corrected chi connectivity index (χ4v) is 3.24. The Labute approximate surface area is 136 Å². The van der Waals surface area contributed by atoms with Crippen molar-refractivity contribution in [2.45, 2.75) is 18.2 Å². The summed E-state index contributed by atoms with van der Waals surface area (Å²) in [6, 6.07) is 13.2. The van der Waals surface area contributed by atoms with E-state index in [1.165, 1.54) is 18.2 Å². The molecule has 0 bridgehead atoms. The van der Waals surface area contributed by atoms with Crippen LogP contribution in [0.4, 0.5) is 0 Å². The SMILES string of the molecule is COCCc1ccc(OS(=O)(=O)c2ccc(C#N)cc2C)cc1. The molecule has 0 aliphatic heterocycles. The van der Waals surface area contributed by atoms with Gasteiger partial charge >= 0.3 is 10.1 Å². The second kappa shape index (κ2) is 7.27. The zero-order valence-electron chi connectivity index (χ0n) is 12.9. The molecule has 0 aliphatic rings. The summed E-state index contributed by atoms with van der Waals surface area (Å²) in [5.74, 6) is 0.245. The van der Waals surface area contributed by atoms with Crippen LogP contribution in [0.15, 0.2) is 47.4 Å². The number of rotatable bonds is 6. The lowest BCUT2D eigenvalue weighted by Gasteiger charge is -2.10. The van der Waals surface area contributed by atoms with E-state index in [1.807, 2.05) is 6.07 Å². The summed E-state index contributed by atoms with van der Waals surface area (Å²) in [4.78, 5) is 0.0555. The number of benzene rings is 2. The molecule has 0 saturated carbocycles. The lowest BCUT2D eigenvalue weighted by molar-refractivity contribution is 0.202. The van der Waals surface area contributed by atoms with E-state index in [2.05, 4.69) is 0 Å². The second-order valence-corrected chi connectivity index (χ2v) is 6.53. The van der Waals surface area contributed by atoms with Crippen LogP contribution in [-0.4, -0.2) is 22.1 Å². The maximum Gasteiger partial charge on any atom is 0.339 e. The first-order chi connectivity index (χ1) is 11.0. The zero-order valence-corrected chi connectivity index (χ0v) is 13.8. The summed E-state index contributed by atoms with van der Waals surface area (Å²) in [6.07, 6.45) is 0.748. The van der Waals surface area contributed by atoms with Gasteiger partial charge in [-0.25, -0.2) is 0 Å². The van der Waals surface area contributed by atoms with E-state index >= 15 is 0 Å². The molecule has 0 unspecified atom stereocenters. The van der Waals surface area contributed by atoms with E-state index in [0.717, 1.165) is 12.0 Å². The summed E-state index contributed by atoms with van der Waals surface area (Å²) in [7, 11) is -2.30. The van der Waals surface area contributed by atoms with Crippen LogP contribution < -0.4 is 4.18 Å². The molecule has 2 rings (SSSR count). The Kier molecular flexibility index (Phi) is 5.37. The normalized spacial score (nSPS) is 11.0. The van der Waals surface area contributed by atoms with Crippen LogP contribution in [0.25, 0.3) is 0 Å². The van der Waals surface area contributed by atoms with E-state index in [-0.39, 0.29) is 10.6 Å². The molecule has 0 aromatic heterocycles. The number of ether oxygens (including phenoxy) is 1. The van der Waals surface area contributed by atoms with Crippen molar-refractivity contribution >= 4 is 10.1 Å². The van der Waals surface area contributed by atoms with E-state index in [0.29, 0.717) is 17.7 Å². The fourth-order valence-electron chi connectivity index (χ4n) is 2.10. The number of methoxy groups -OCH3 is 1. The van der Waals surface area contributed by atoms with Crippen molar-refractivity contribution in [1.82, 2.24) is 0 Å². The number of nitriles is 1. The predicted octanol–water partition coefficient (Wildman–Crippen LogP) is 2.82. The molecule has 120 valence electrons. The average molecular weight is 331 g/mol. The Bertz CT molecular complexity index is 821. The Morgan fingerprint density at radius 3 is 2.39 bits per heavy atom. The molecule has 2 aromatic rings. The highest BCUT2D eigenvalue weighted by Gasteiger charge is 2.19. The predicted molar refractivity (Wildman–Crippen MR) is 85.7 cm³/mol. The van der Waals surface area contributed by atoms with Gasteiger partial charge in [0.15, 0.2) is 0 Å². The van der Waals surface area contributed by atoms with E-state index in [4.69, 9.17) is 14.2 Å². The summed E-state index contributed by atoms with van der Waals surface area (Å²) in [5, 5.41) is 8.84. The third-order valence-corrected chi connectivity index (χ3v) is 4.71. The molecule has 23 heavy (non-hydrogen) atoms. The molecule has 0 saturated heterocycles. The molecule has 6 heteroatoms. The van der Waals surface area contributed by atoms with Crippen molar-refractivity contribution in [3.63, 3.8) is 0 Å². The van der Waals surface area contributed by atoms with Crippen molar-refractivity contribution in [1.29, 1.82) is 5.26 Å². The number of aryl methyl sites for hydroxylation is 1. The standard InChI is InChI=1S/C17H17NO4S/c1-13-11-15(12-18)5-8-17(13)23(19,20)22-16-6-3-14(4-7-16)9-10-21-2/h3-8,11H,9-10H2,1-2H3. The van der Waals surface area contributed by atoms with E-state index < -0.39 is 10.1 Å². The highest BCUT2D eigenvalue weighted by Crippen LogP contribution is 2.22. The summed E-state index contributed by atoms with van der Waals surface area (Å²) in [6.45, 7) is 2.23. The molecule has 0 fully saturated rings. The minimum Gasteiger partial charge on any atom is -0.384 e. The quantitative estimate of drug-likeness (QED) is 0.761. The van der Waals surface area contributed by atoms with Crippen LogP contribution in [-0.2, 0) is 21.3 Å². The van der Waals surface area contributed by atoms with E-state index in [9.17, 15) is 8.42 Å². The van der Waals surface area contributed by atoms with Crippen molar-refractivity contribution < 1.29 is 17.3 Å². The highest BCUT2D eigenvalue weighted by molar-refractivity contribution is 7.87. The Morgan fingerprint density at radius 1 is 1.13 bits per heavy atom. The van der Waals surface area contributed by atoms with Crippen LogP contribution in [0.5, 0.6) is 5.75 Å². The van der Waals surface area contributed by atoms with Gasteiger partial charge in [-0.1, -0.05) is 12.1 Å². The third-order valence-electron chi connectivity index (χ3n) is 3.30. The van der Waals surface area contributed by atoms with Gasteiger partial charge in [-0.2, -0.15) is 13.7 Å². The summed E-state index contributed by atoms with van der Waals surface area (Å²) in [5.41, 5.74) is 1.91. The topological polar surface area (TPSA) is 76.4 Å². The Morgan fingerprint density at radius 2 is 1.83 bits per heavy atom. The minimum absolute atomic E-state index is 0.0555. The van der Waals surface area contributed by atoms with Crippen LogP contribution in [0.1, 0.15) is 16.7 Å². The van der Waals surface area contributed by atoms with E-state index in [1.54, 1.807) is 38.3 Å². The molecular formula is C17H17NO4S. The average Bonchev–Trinajstić information content (AvgIpc) is 2.53. The molecule has 0 spiro atoms. The molecule has 0 aliphatic carbocycles. The maximum atomic E-state index is 12.4. The molecular weight excluding hydrogens is 314 g/mol. The van der Waals surface area contributed by atoms with Crippen LogP contribution in [0.3, 0.4) is 0 Å². The van der Waals surface area contributed by atoms with Crippen molar-refractivity contribution in [3.05, 3.63) is 59.2 Å². The zero-order chi connectivity index (χ0) is 16.9. The monoisotopic (exact) mass is 331 g/mol. The van der Waals surface area contributed by atoms with Gasteiger partial charge in [0, 0.05) is 7.11 Å². The van der Waals surface area contributed by atoms with Gasteiger partial charge in [0.1, 0.15) is 10.6 Å². The first kappa shape index (κ1) is 17.0. The highest BCUT2D eigenvalue weighted by atomic mass is 32.2. The molecule has 0 radical (unpaired) electrons. The molecule has 2 aromatic carbocycles.